The average molecular weight is 410 g/mol. The Hall–Kier alpha value is -2.71. The van der Waals surface area contributed by atoms with Gasteiger partial charge in [-0.15, -0.1) is 0 Å². The van der Waals surface area contributed by atoms with Crippen molar-refractivity contribution < 1.29 is 14.3 Å². The van der Waals surface area contributed by atoms with E-state index in [-0.39, 0.29) is 5.91 Å². The minimum absolute atomic E-state index is 0.192. The number of fused-ring (bicyclic) bond motifs is 3. The molecule has 5 rings (SSSR count). The number of thiazole rings is 1. The van der Waals surface area contributed by atoms with Crippen molar-refractivity contribution in [2.45, 2.75) is 25.4 Å². The van der Waals surface area contributed by atoms with Crippen LogP contribution in [0.25, 0.3) is 10.3 Å². The first-order valence-corrected chi connectivity index (χ1v) is 10.6. The summed E-state index contributed by atoms with van der Waals surface area (Å²) in [6, 6.07) is 12.3. The molecule has 4 heterocycles. The largest absolute Gasteiger partial charge is 0.492 e. The summed E-state index contributed by atoms with van der Waals surface area (Å²) in [4.78, 5) is 24.6. The van der Waals surface area contributed by atoms with Gasteiger partial charge in [-0.1, -0.05) is 11.3 Å². The zero-order valence-electron chi connectivity index (χ0n) is 16.2. The van der Waals surface area contributed by atoms with Gasteiger partial charge >= 0.3 is 0 Å². The number of pyridine rings is 1. The van der Waals surface area contributed by atoms with Crippen molar-refractivity contribution in [2.75, 3.05) is 26.2 Å². The minimum Gasteiger partial charge on any atom is -0.492 e. The van der Waals surface area contributed by atoms with Gasteiger partial charge in [0.15, 0.2) is 5.65 Å². The molecular formula is C21H22N4O3S. The molecule has 2 aliphatic rings. The van der Waals surface area contributed by atoms with E-state index < -0.39 is 0 Å². The second kappa shape index (κ2) is 7.61. The molecule has 2 atom stereocenters. The smallest absolute Gasteiger partial charge is 0.281 e. The number of aromatic nitrogens is 2. The Morgan fingerprint density at radius 2 is 2.00 bits per heavy atom. The molecular weight excluding hydrogens is 388 g/mol. The van der Waals surface area contributed by atoms with Crippen LogP contribution in [0.2, 0.25) is 0 Å². The molecule has 2 saturated heterocycles. The summed E-state index contributed by atoms with van der Waals surface area (Å²) in [6.45, 7) is 4.98. The van der Waals surface area contributed by atoms with Crippen molar-refractivity contribution in [2.24, 2.45) is 0 Å². The predicted octanol–water partition coefficient (Wildman–Crippen LogP) is 3.17. The van der Waals surface area contributed by atoms with Crippen molar-refractivity contribution in [1.29, 1.82) is 0 Å². The first-order chi connectivity index (χ1) is 14.2. The normalized spacial score (nSPS) is 21.1. The number of rotatable bonds is 6. The molecule has 0 radical (unpaired) electrons. The van der Waals surface area contributed by atoms with Gasteiger partial charge in [0.25, 0.3) is 5.19 Å². The molecule has 8 heteroatoms. The summed E-state index contributed by atoms with van der Waals surface area (Å²) in [7, 11) is 0. The number of hydrogen-bond acceptors (Lipinski definition) is 7. The topological polar surface area (TPSA) is 67.8 Å². The standard InChI is InChI=1S/C21H22N4O3S/c1-14(26)25-13-15-11-16(25)12-24(15)9-10-27-17-4-6-18(7-5-17)28-21-23-20-19(29-21)3-2-8-22-20/h2-8,15-16H,9-13H2,1H3/t15-,16-/m0/s1. The molecule has 0 saturated carbocycles. The third-order valence-electron chi connectivity index (χ3n) is 5.58. The van der Waals surface area contributed by atoms with Gasteiger partial charge < -0.3 is 14.4 Å². The summed E-state index contributed by atoms with van der Waals surface area (Å²) in [6.07, 6.45) is 2.82. The highest BCUT2D eigenvalue weighted by Gasteiger charge is 2.43. The Labute approximate surface area is 172 Å². The fraction of sp³-hybridized carbons (Fsp3) is 0.381. The van der Waals surface area contributed by atoms with E-state index in [2.05, 4.69) is 14.9 Å². The first kappa shape index (κ1) is 18.3. The molecule has 2 aromatic heterocycles. The molecule has 29 heavy (non-hydrogen) atoms. The van der Waals surface area contributed by atoms with Crippen LogP contribution in [0.3, 0.4) is 0 Å². The van der Waals surface area contributed by atoms with Crippen molar-refractivity contribution in [1.82, 2.24) is 19.8 Å². The van der Waals surface area contributed by atoms with E-state index in [9.17, 15) is 4.79 Å². The molecule has 2 bridgehead atoms. The summed E-state index contributed by atoms with van der Waals surface area (Å²) in [5.41, 5.74) is 0.703. The fourth-order valence-electron chi connectivity index (χ4n) is 4.19. The third kappa shape index (κ3) is 3.77. The monoisotopic (exact) mass is 410 g/mol. The predicted molar refractivity (Wildman–Crippen MR) is 111 cm³/mol. The van der Waals surface area contributed by atoms with Crippen molar-refractivity contribution in [3.8, 4) is 16.7 Å². The molecule has 0 aliphatic carbocycles. The number of likely N-dealkylation sites (tertiary alicyclic amines) is 2. The fourth-order valence-corrected chi connectivity index (χ4v) is 4.98. The molecule has 2 aliphatic heterocycles. The van der Waals surface area contributed by atoms with E-state index in [0.717, 1.165) is 42.3 Å². The van der Waals surface area contributed by atoms with E-state index in [0.29, 0.717) is 29.5 Å². The Morgan fingerprint density at radius 3 is 2.72 bits per heavy atom. The summed E-state index contributed by atoms with van der Waals surface area (Å²) in [5, 5.41) is 0.580. The lowest BCUT2D eigenvalue weighted by Gasteiger charge is -2.33. The second-order valence-electron chi connectivity index (χ2n) is 7.44. The second-order valence-corrected chi connectivity index (χ2v) is 8.43. The molecule has 3 aromatic rings. The molecule has 7 nitrogen and oxygen atoms in total. The summed E-state index contributed by atoms with van der Waals surface area (Å²) < 4.78 is 12.7. The zero-order valence-corrected chi connectivity index (χ0v) is 17.0. The van der Waals surface area contributed by atoms with Crippen LogP contribution in [0.15, 0.2) is 42.6 Å². The lowest BCUT2D eigenvalue weighted by molar-refractivity contribution is -0.131. The number of amides is 1. The lowest BCUT2D eigenvalue weighted by atomic mass is 10.2. The van der Waals surface area contributed by atoms with Crippen LogP contribution >= 0.6 is 11.3 Å². The van der Waals surface area contributed by atoms with Crippen LogP contribution in [-0.4, -0.2) is 64.0 Å². The van der Waals surface area contributed by atoms with E-state index in [1.54, 1.807) is 13.1 Å². The van der Waals surface area contributed by atoms with Gasteiger partial charge in [-0.3, -0.25) is 9.69 Å². The summed E-state index contributed by atoms with van der Waals surface area (Å²) in [5.74, 6) is 1.73. The number of piperazine rings is 1. The maximum Gasteiger partial charge on any atom is 0.281 e. The van der Waals surface area contributed by atoms with Gasteiger partial charge in [-0.25, -0.2) is 4.98 Å². The van der Waals surface area contributed by atoms with Gasteiger partial charge in [0, 0.05) is 44.8 Å². The van der Waals surface area contributed by atoms with Crippen molar-refractivity contribution in [3.63, 3.8) is 0 Å². The van der Waals surface area contributed by atoms with Crippen molar-refractivity contribution >= 4 is 27.6 Å². The highest BCUT2D eigenvalue weighted by Crippen LogP contribution is 2.32. The molecule has 1 amide bonds. The van der Waals surface area contributed by atoms with E-state index in [1.807, 2.05) is 41.3 Å². The van der Waals surface area contributed by atoms with Crippen LogP contribution in [-0.2, 0) is 4.79 Å². The number of hydrogen-bond donors (Lipinski definition) is 0. The molecule has 0 spiro atoms. The molecule has 150 valence electrons. The molecule has 0 N–H and O–H groups in total. The number of carbonyl (C=O) groups is 1. The first-order valence-electron chi connectivity index (χ1n) is 9.79. The molecule has 0 unspecified atom stereocenters. The highest BCUT2D eigenvalue weighted by atomic mass is 32.1. The van der Waals surface area contributed by atoms with Gasteiger partial charge in [-0.2, -0.15) is 4.98 Å². The Balaban J connectivity index is 1.11. The van der Waals surface area contributed by atoms with Crippen LogP contribution in [0, 0.1) is 0 Å². The lowest BCUT2D eigenvalue weighted by Crippen LogP contribution is -2.48. The third-order valence-corrected chi connectivity index (χ3v) is 6.47. The number of ether oxygens (including phenoxy) is 2. The van der Waals surface area contributed by atoms with Gasteiger partial charge in [0.1, 0.15) is 18.1 Å². The van der Waals surface area contributed by atoms with Crippen LogP contribution in [0.1, 0.15) is 13.3 Å². The maximum atomic E-state index is 11.6. The molecule has 2 fully saturated rings. The minimum atomic E-state index is 0.192. The van der Waals surface area contributed by atoms with Crippen LogP contribution in [0.4, 0.5) is 0 Å². The highest BCUT2D eigenvalue weighted by molar-refractivity contribution is 7.20. The van der Waals surface area contributed by atoms with E-state index >= 15 is 0 Å². The number of benzene rings is 1. The quantitative estimate of drug-likeness (QED) is 0.622. The van der Waals surface area contributed by atoms with Gasteiger partial charge in [-0.05, 0) is 42.8 Å². The average Bonchev–Trinajstić information content (AvgIpc) is 3.42. The summed E-state index contributed by atoms with van der Waals surface area (Å²) >= 11 is 1.47. The molecule has 1 aromatic carbocycles. The Bertz CT molecular complexity index is 989. The Morgan fingerprint density at radius 1 is 1.17 bits per heavy atom. The maximum absolute atomic E-state index is 11.6. The zero-order chi connectivity index (χ0) is 19.8. The van der Waals surface area contributed by atoms with Gasteiger partial charge in [0.2, 0.25) is 5.91 Å². The Kier molecular flexibility index (Phi) is 4.81. The van der Waals surface area contributed by atoms with Gasteiger partial charge in [0.05, 0.1) is 4.70 Å². The SMILES string of the molecule is CC(=O)N1C[C@@H]2C[C@H]1CN2CCOc1ccc(Oc2nc3ncccc3s2)cc1. The van der Waals surface area contributed by atoms with Crippen LogP contribution in [0.5, 0.6) is 16.7 Å². The van der Waals surface area contributed by atoms with E-state index in [4.69, 9.17) is 9.47 Å². The van der Waals surface area contributed by atoms with Crippen LogP contribution < -0.4 is 9.47 Å². The number of carbonyl (C=O) groups excluding carboxylic acids is 1. The van der Waals surface area contributed by atoms with E-state index in [1.165, 1.54) is 11.3 Å². The van der Waals surface area contributed by atoms with Crippen molar-refractivity contribution in [3.05, 3.63) is 42.6 Å². The number of nitrogens with zero attached hydrogens (tertiary/aromatic N) is 4.